The monoisotopic (exact) mass is 312 g/mol. The lowest BCUT2D eigenvalue weighted by Gasteiger charge is -2.30. The molecule has 8 heteroatoms. The van der Waals surface area contributed by atoms with Crippen LogP contribution in [0, 0.1) is 0 Å². The van der Waals surface area contributed by atoms with Crippen LogP contribution in [0.25, 0.3) is 0 Å². The highest BCUT2D eigenvalue weighted by molar-refractivity contribution is 7.15. The number of carbonyl (C=O) groups excluding carboxylic acids is 2. The Bertz CT molecular complexity index is 505. The number of aromatic nitrogens is 2. The second-order valence-electron chi connectivity index (χ2n) is 5.04. The van der Waals surface area contributed by atoms with Gasteiger partial charge in [-0.1, -0.05) is 18.3 Å². The van der Waals surface area contributed by atoms with E-state index in [2.05, 4.69) is 15.5 Å². The minimum Gasteiger partial charge on any atom is -0.391 e. The molecule has 1 saturated heterocycles. The third-order valence-electron chi connectivity index (χ3n) is 3.33. The SMILES string of the molecule is CCc1nnc(NC(=O)CCC(=O)N2CCC[C@@H](O)C2)s1. The van der Waals surface area contributed by atoms with Gasteiger partial charge in [-0.15, -0.1) is 10.2 Å². The van der Waals surface area contributed by atoms with Crippen LogP contribution in [-0.2, 0) is 16.0 Å². The van der Waals surface area contributed by atoms with E-state index in [1.165, 1.54) is 11.3 Å². The van der Waals surface area contributed by atoms with E-state index in [0.717, 1.165) is 24.3 Å². The molecule has 1 aromatic rings. The number of aryl methyl sites for hydroxylation is 1. The number of amides is 2. The fourth-order valence-corrected chi connectivity index (χ4v) is 2.88. The smallest absolute Gasteiger partial charge is 0.226 e. The predicted octanol–water partition coefficient (Wildman–Crippen LogP) is 0.802. The summed E-state index contributed by atoms with van der Waals surface area (Å²) in [5.41, 5.74) is 0. The molecule has 2 heterocycles. The fraction of sp³-hybridized carbons (Fsp3) is 0.692. The molecule has 1 fully saturated rings. The Morgan fingerprint density at radius 2 is 2.24 bits per heavy atom. The van der Waals surface area contributed by atoms with Crippen LogP contribution in [0.3, 0.4) is 0 Å². The number of piperidine rings is 1. The Morgan fingerprint density at radius 1 is 1.43 bits per heavy atom. The van der Waals surface area contributed by atoms with Crippen molar-refractivity contribution >= 4 is 28.3 Å². The maximum atomic E-state index is 12.0. The summed E-state index contributed by atoms with van der Waals surface area (Å²) in [7, 11) is 0. The molecule has 1 atom stereocenters. The van der Waals surface area contributed by atoms with Crippen molar-refractivity contribution in [2.24, 2.45) is 0 Å². The van der Waals surface area contributed by atoms with Gasteiger partial charge in [-0.05, 0) is 19.3 Å². The zero-order chi connectivity index (χ0) is 15.2. The summed E-state index contributed by atoms with van der Waals surface area (Å²) in [6.07, 6.45) is 2.16. The lowest BCUT2D eigenvalue weighted by molar-refractivity contribution is -0.135. The third-order valence-corrected chi connectivity index (χ3v) is 4.31. The number of carbonyl (C=O) groups is 2. The first-order chi connectivity index (χ1) is 10.1. The molecule has 1 aliphatic rings. The van der Waals surface area contributed by atoms with Gasteiger partial charge in [-0.3, -0.25) is 9.59 Å². The maximum absolute atomic E-state index is 12.0. The average Bonchev–Trinajstić information content (AvgIpc) is 2.92. The van der Waals surface area contributed by atoms with Crippen LogP contribution in [0.5, 0.6) is 0 Å². The Kier molecular flexibility index (Phi) is 5.63. The first-order valence-corrected chi connectivity index (χ1v) is 7.98. The Balaban J connectivity index is 1.74. The summed E-state index contributed by atoms with van der Waals surface area (Å²) < 4.78 is 0. The number of rotatable bonds is 5. The lowest BCUT2D eigenvalue weighted by atomic mass is 10.1. The second kappa shape index (κ2) is 7.46. The number of hydrogen-bond donors (Lipinski definition) is 2. The van der Waals surface area contributed by atoms with Crippen LogP contribution in [0.4, 0.5) is 5.13 Å². The van der Waals surface area contributed by atoms with Crippen molar-refractivity contribution in [1.82, 2.24) is 15.1 Å². The molecule has 0 unspecified atom stereocenters. The number of anilines is 1. The first-order valence-electron chi connectivity index (χ1n) is 7.16. The van der Waals surface area contributed by atoms with Gasteiger partial charge in [0.2, 0.25) is 16.9 Å². The number of aliphatic hydroxyl groups is 1. The number of aliphatic hydroxyl groups excluding tert-OH is 1. The van der Waals surface area contributed by atoms with E-state index in [0.29, 0.717) is 18.2 Å². The van der Waals surface area contributed by atoms with Crippen LogP contribution in [0.15, 0.2) is 0 Å². The van der Waals surface area contributed by atoms with Crippen molar-refractivity contribution in [3.05, 3.63) is 5.01 Å². The standard InChI is InChI=1S/C13H20N4O3S/c1-2-11-15-16-13(21-11)14-10(19)5-6-12(20)17-7-3-4-9(18)8-17/h9,18H,2-8H2,1H3,(H,14,16,19)/t9-/m1/s1. The van der Waals surface area contributed by atoms with Gasteiger partial charge in [0, 0.05) is 25.9 Å². The summed E-state index contributed by atoms with van der Waals surface area (Å²) in [5.74, 6) is -0.324. The number of nitrogens with one attached hydrogen (secondary N) is 1. The molecular formula is C13H20N4O3S. The lowest BCUT2D eigenvalue weighted by Crippen LogP contribution is -2.42. The minimum absolute atomic E-state index is 0.0876. The molecule has 0 saturated carbocycles. The molecule has 116 valence electrons. The molecule has 2 rings (SSSR count). The molecule has 1 aliphatic heterocycles. The van der Waals surface area contributed by atoms with Crippen LogP contribution < -0.4 is 5.32 Å². The van der Waals surface area contributed by atoms with Crippen molar-refractivity contribution in [3.63, 3.8) is 0 Å². The van der Waals surface area contributed by atoms with E-state index in [9.17, 15) is 14.7 Å². The summed E-state index contributed by atoms with van der Waals surface area (Å²) in [4.78, 5) is 25.4. The van der Waals surface area contributed by atoms with Crippen LogP contribution in [0.2, 0.25) is 0 Å². The van der Waals surface area contributed by atoms with Gasteiger partial charge in [-0.25, -0.2) is 0 Å². The average molecular weight is 312 g/mol. The molecule has 0 aliphatic carbocycles. The number of β-amino-alcohol motifs (C(OH)–C–C–N with tert-alkyl or cyclic N) is 1. The van der Waals surface area contributed by atoms with Crippen molar-refractivity contribution in [1.29, 1.82) is 0 Å². The van der Waals surface area contributed by atoms with Crippen LogP contribution in [-0.4, -0.2) is 51.2 Å². The maximum Gasteiger partial charge on any atom is 0.226 e. The molecule has 21 heavy (non-hydrogen) atoms. The summed E-state index contributed by atoms with van der Waals surface area (Å²) in [6.45, 7) is 3.00. The van der Waals surface area contributed by atoms with Crippen molar-refractivity contribution < 1.29 is 14.7 Å². The molecule has 7 nitrogen and oxygen atoms in total. The highest BCUT2D eigenvalue weighted by Crippen LogP contribution is 2.16. The molecule has 0 bridgehead atoms. The van der Waals surface area contributed by atoms with E-state index in [1.54, 1.807) is 4.90 Å². The second-order valence-corrected chi connectivity index (χ2v) is 6.10. The number of nitrogens with zero attached hydrogens (tertiary/aromatic N) is 3. The van der Waals surface area contributed by atoms with Gasteiger partial charge in [0.25, 0.3) is 0 Å². The number of hydrogen-bond acceptors (Lipinski definition) is 6. The topological polar surface area (TPSA) is 95.4 Å². The summed E-state index contributed by atoms with van der Waals surface area (Å²) in [6, 6.07) is 0. The van der Waals surface area contributed by atoms with Crippen molar-refractivity contribution in [2.45, 2.75) is 45.1 Å². The van der Waals surface area contributed by atoms with Crippen LogP contribution in [0.1, 0.15) is 37.6 Å². The van der Waals surface area contributed by atoms with Crippen molar-refractivity contribution in [2.75, 3.05) is 18.4 Å². The van der Waals surface area contributed by atoms with Gasteiger partial charge in [-0.2, -0.15) is 0 Å². The van der Waals surface area contributed by atoms with E-state index in [4.69, 9.17) is 0 Å². The molecule has 0 spiro atoms. The van der Waals surface area contributed by atoms with E-state index in [1.807, 2.05) is 6.92 Å². The molecule has 0 radical (unpaired) electrons. The molecule has 2 N–H and O–H groups in total. The quantitative estimate of drug-likeness (QED) is 0.838. The summed E-state index contributed by atoms with van der Waals surface area (Å²) >= 11 is 1.34. The Morgan fingerprint density at radius 3 is 2.90 bits per heavy atom. The summed E-state index contributed by atoms with van der Waals surface area (Å²) in [5, 5.41) is 21.3. The van der Waals surface area contributed by atoms with E-state index >= 15 is 0 Å². The molecule has 1 aromatic heterocycles. The first kappa shape index (κ1) is 15.8. The zero-order valence-electron chi connectivity index (χ0n) is 12.0. The zero-order valence-corrected chi connectivity index (χ0v) is 12.9. The highest BCUT2D eigenvalue weighted by Gasteiger charge is 2.22. The highest BCUT2D eigenvalue weighted by atomic mass is 32.1. The minimum atomic E-state index is -0.439. The molecule has 0 aromatic carbocycles. The van der Waals surface area contributed by atoms with Gasteiger partial charge in [0.15, 0.2) is 0 Å². The van der Waals surface area contributed by atoms with Gasteiger partial charge in [0.1, 0.15) is 5.01 Å². The van der Waals surface area contributed by atoms with E-state index in [-0.39, 0.29) is 24.7 Å². The predicted molar refractivity (Wildman–Crippen MR) is 79.0 cm³/mol. The third kappa shape index (κ3) is 4.75. The molecular weight excluding hydrogens is 292 g/mol. The van der Waals surface area contributed by atoms with Crippen molar-refractivity contribution in [3.8, 4) is 0 Å². The fourth-order valence-electron chi connectivity index (χ4n) is 2.19. The van der Waals surface area contributed by atoms with E-state index < -0.39 is 6.10 Å². The van der Waals surface area contributed by atoms with Gasteiger partial charge in [0.05, 0.1) is 6.10 Å². The normalized spacial score (nSPS) is 18.6. The van der Waals surface area contributed by atoms with Gasteiger partial charge < -0.3 is 15.3 Å². The number of likely N-dealkylation sites (tertiary alicyclic amines) is 1. The molecule has 2 amide bonds. The largest absolute Gasteiger partial charge is 0.391 e. The van der Waals surface area contributed by atoms with Crippen LogP contribution >= 0.6 is 11.3 Å². The Hall–Kier alpha value is -1.54. The Labute approximate surface area is 127 Å². The van der Waals surface area contributed by atoms with Gasteiger partial charge >= 0.3 is 0 Å².